The SMILES string of the molecule is Cn1cc(C(=O)N2CCCCCC2)cc(NC(=O)c2ccc(Br)cc2)c1=O. The highest BCUT2D eigenvalue weighted by Gasteiger charge is 2.20. The number of nitrogens with zero attached hydrogens (tertiary/aromatic N) is 2. The van der Waals surface area contributed by atoms with Crippen LogP contribution in [0.5, 0.6) is 0 Å². The van der Waals surface area contributed by atoms with Crippen molar-refractivity contribution in [3.05, 3.63) is 62.5 Å². The Morgan fingerprint density at radius 1 is 1.00 bits per heavy atom. The van der Waals surface area contributed by atoms with Crippen molar-refractivity contribution in [3.8, 4) is 0 Å². The highest BCUT2D eigenvalue weighted by atomic mass is 79.9. The summed E-state index contributed by atoms with van der Waals surface area (Å²) < 4.78 is 2.20. The molecule has 0 spiro atoms. The van der Waals surface area contributed by atoms with Crippen LogP contribution in [0, 0.1) is 0 Å². The van der Waals surface area contributed by atoms with Crippen LogP contribution in [0.25, 0.3) is 0 Å². The molecule has 1 aromatic carbocycles. The van der Waals surface area contributed by atoms with E-state index in [-0.39, 0.29) is 23.1 Å². The number of halogens is 1. The van der Waals surface area contributed by atoms with Gasteiger partial charge in [-0.3, -0.25) is 14.4 Å². The van der Waals surface area contributed by atoms with E-state index in [0.29, 0.717) is 11.1 Å². The number of amides is 2. The van der Waals surface area contributed by atoms with Gasteiger partial charge in [0.15, 0.2) is 0 Å². The Labute approximate surface area is 166 Å². The zero-order valence-electron chi connectivity index (χ0n) is 15.2. The number of aromatic nitrogens is 1. The number of likely N-dealkylation sites (tertiary alicyclic amines) is 1. The van der Waals surface area contributed by atoms with Gasteiger partial charge < -0.3 is 14.8 Å². The number of nitrogens with one attached hydrogen (secondary N) is 1. The molecule has 27 heavy (non-hydrogen) atoms. The molecule has 3 rings (SSSR count). The molecule has 1 saturated heterocycles. The summed E-state index contributed by atoms with van der Waals surface area (Å²) in [7, 11) is 1.58. The molecule has 2 aromatic rings. The first-order chi connectivity index (χ1) is 13.0. The van der Waals surface area contributed by atoms with Crippen molar-refractivity contribution in [1.29, 1.82) is 0 Å². The zero-order valence-corrected chi connectivity index (χ0v) is 16.8. The highest BCUT2D eigenvalue weighted by Crippen LogP contribution is 2.16. The first-order valence-corrected chi connectivity index (χ1v) is 9.82. The molecule has 0 radical (unpaired) electrons. The Bertz CT molecular complexity index is 898. The van der Waals surface area contributed by atoms with E-state index in [4.69, 9.17) is 0 Å². The van der Waals surface area contributed by atoms with E-state index in [1.54, 1.807) is 31.3 Å². The quantitative estimate of drug-likeness (QED) is 0.808. The third-order valence-electron chi connectivity index (χ3n) is 4.68. The topological polar surface area (TPSA) is 71.4 Å². The maximum Gasteiger partial charge on any atom is 0.274 e. The van der Waals surface area contributed by atoms with E-state index in [1.165, 1.54) is 16.8 Å². The number of hydrogen-bond donors (Lipinski definition) is 1. The molecular formula is C20H22BrN3O3. The van der Waals surface area contributed by atoms with Crippen molar-refractivity contribution < 1.29 is 9.59 Å². The molecule has 0 bridgehead atoms. The molecule has 1 aromatic heterocycles. The summed E-state index contributed by atoms with van der Waals surface area (Å²) >= 11 is 3.32. The molecule has 142 valence electrons. The van der Waals surface area contributed by atoms with Gasteiger partial charge in [-0.05, 0) is 43.2 Å². The number of carbonyl (C=O) groups excluding carboxylic acids is 2. The number of benzene rings is 1. The molecular weight excluding hydrogens is 410 g/mol. The molecule has 6 nitrogen and oxygen atoms in total. The van der Waals surface area contributed by atoms with Gasteiger partial charge in [0.1, 0.15) is 5.69 Å². The third kappa shape index (κ3) is 4.66. The van der Waals surface area contributed by atoms with E-state index >= 15 is 0 Å². The van der Waals surface area contributed by atoms with Crippen LogP contribution < -0.4 is 10.9 Å². The van der Waals surface area contributed by atoms with E-state index < -0.39 is 0 Å². The fraction of sp³-hybridized carbons (Fsp3) is 0.350. The van der Waals surface area contributed by atoms with Gasteiger partial charge in [-0.15, -0.1) is 0 Å². The molecule has 0 unspecified atom stereocenters. The monoisotopic (exact) mass is 431 g/mol. The maximum absolute atomic E-state index is 12.9. The lowest BCUT2D eigenvalue weighted by Gasteiger charge is -2.21. The Hall–Kier alpha value is -2.41. The van der Waals surface area contributed by atoms with Gasteiger partial charge in [0.05, 0.1) is 5.56 Å². The maximum atomic E-state index is 12.9. The van der Waals surface area contributed by atoms with E-state index in [2.05, 4.69) is 21.2 Å². The predicted octanol–water partition coefficient (Wildman–Crippen LogP) is 3.42. The van der Waals surface area contributed by atoms with Crippen LogP contribution >= 0.6 is 15.9 Å². The summed E-state index contributed by atoms with van der Waals surface area (Å²) in [5.41, 5.74) is 0.591. The average Bonchev–Trinajstić information content (AvgIpc) is 2.94. The van der Waals surface area contributed by atoms with Gasteiger partial charge in [-0.2, -0.15) is 0 Å². The lowest BCUT2D eigenvalue weighted by atomic mass is 10.2. The number of hydrogen-bond acceptors (Lipinski definition) is 3. The number of aryl methyl sites for hydroxylation is 1. The van der Waals surface area contributed by atoms with Crippen LogP contribution in [0.15, 0.2) is 45.8 Å². The summed E-state index contributed by atoms with van der Waals surface area (Å²) in [5.74, 6) is -0.495. The van der Waals surface area contributed by atoms with Crippen molar-refractivity contribution in [1.82, 2.24) is 9.47 Å². The molecule has 0 atom stereocenters. The van der Waals surface area contributed by atoms with Crippen LogP contribution in [-0.2, 0) is 7.05 Å². The Balaban J connectivity index is 1.85. The van der Waals surface area contributed by atoms with Gasteiger partial charge in [-0.1, -0.05) is 28.8 Å². The van der Waals surface area contributed by atoms with E-state index in [1.807, 2.05) is 4.90 Å². The number of carbonyl (C=O) groups is 2. The van der Waals surface area contributed by atoms with Gasteiger partial charge >= 0.3 is 0 Å². The second kappa shape index (κ2) is 8.52. The molecule has 1 N–H and O–H groups in total. The van der Waals surface area contributed by atoms with Gasteiger partial charge in [-0.25, -0.2) is 0 Å². The largest absolute Gasteiger partial charge is 0.339 e. The molecule has 2 heterocycles. The van der Waals surface area contributed by atoms with Crippen LogP contribution in [0.1, 0.15) is 46.4 Å². The van der Waals surface area contributed by atoms with Crippen LogP contribution in [0.2, 0.25) is 0 Å². The summed E-state index contributed by atoms with van der Waals surface area (Å²) in [5, 5.41) is 2.64. The zero-order chi connectivity index (χ0) is 19.4. The standard InChI is InChI=1S/C20H22BrN3O3/c1-23-13-15(19(26)24-10-4-2-3-5-11-24)12-17(20(23)27)22-18(25)14-6-8-16(21)9-7-14/h6-9,12-13H,2-5,10-11H2,1H3,(H,22,25). The summed E-state index contributed by atoms with van der Waals surface area (Å²) in [4.78, 5) is 39.5. The Morgan fingerprint density at radius 2 is 1.63 bits per heavy atom. The highest BCUT2D eigenvalue weighted by molar-refractivity contribution is 9.10. The van der Waals surface area contributed by atoms with Crippen molar-refractivity contribution >= 4 is 33.4 Å². The lowest BCUT2D eigenvalue weighted by molar-refractivity contribution is 0.0760. The summed E-state index contributed by atoms with van der Waals surface area (Å²) in [6.07, 6.45) is 5.78. The van der Waals surface area contributed by atoms with Crippen LogP contribution in [0.3, 0.4) is 0 Å². The number of pyridine rings is 1. The minimum absolute atomic E-state index is 0.103. The van der Waals surface area contributed by atoms with Gasteiger partial charge in [0.25, 0.3) is 17.4 Å². The summed E-state index contributed by atoms with van der Waals surface area (Å²) in [6, 6.07) is 8.32. The average molecular weight is 432 g/mol. The minimum Gasteiger partial charge on any atom is -0.339 e. The predicted molar refractivity (Wildman–Crippen MR) is 108 cm³/mol. The lowest BCUT2D eigenvalue weighted by Crippen LogP contribution is -2.33. The van der Waals surface area contributed by atoms with Gasteiger partial charge in [0.2, 0.25) is 0 Å². The summed E-state index contributed by atoms with van der Waals surface area (Å²) in [6.45, 7) is 1.45. The van der Waals surface area contributed by atoms with Crippen molar-refractivity contribution in [2.45, 2.75) is 25.7 Å². The van der Waals surface area contributed by atoms with E-state index in [0.717, 1.165) is 43.2 Å². The van der Waals surface area contributed by atoms with Crippen LogP contribution in [-0.4, -0.2) is 34.4 Å². The first kappa shape index (κ1) is 19.4. The Kier molecular flexibility index (Phi) is 6.11. The van der Waals surface area contributed by atoms with Crippen molar-refractivity contribution in [3.63, 3.8) is 0 Å². The molecule has 2 amide bonds. The fourth-order valence-electron chi connectivity index (χ4n) is 3.17. The second-order valence-corrected chi connectivity index (χ2v) is 7.64. The van der Waals surface area contributed by atoms with Gasteiger partial charge in [0, 0.05) is 36.4 Å². The molecule has 1 fully saturated rings. The molecule has 0 aliphatic carbocycles. The third-order valence-corrected chi connectivity index (χ3v) is 5.21. The molecule has 1 aliphatic heterocycles. The van der Waals surface area contributed by atoms with Crippen molar-refractivity contribution in [2.24, 2.45) is 7.05 Å². The van der Waals surface area contributed by atoms with Crippen LogP contribution in [0.4, 0.5) is 5.69 Å². The molecule has 1 aliphatic rings. The number of anilines is 1. The number of rotatable bonds is 3. The fourth-order valence-corrected chi connectivity index (χ4v) is 3.43. The Morgan fingerprint density at radius 3 is 2.26 bits per heavy atom. The normalized spacial score (nSPS) is 14.5. The van der Waals surface area contributed by atoms with Crippen molar-refractivity contribution in [2.75, 3.05) is 18.4 Å². The minimum atomic E-state index is -0.390. The smallest absolute Gasteiger partial charge is 0.274 e. The first-order valence-electron chi connectivity index (χ1n) is 9.02. The molecule has 7 heteroatoms. The second-order valence-electron chi connectivity index (χ2n) is 6.73. The van der Waals surface area contributed by atoms with E-state index in [9.17, 15) is 14.4 Å². The molecule has 0 saturated carbocycles.